The number of nitrogens with one attached hydrogen (secondary N) is 1. The maximum atomic E-state index is 5.38. The number of benzene rings is 1. The van der Waals surface area contributed by atoms with Crippen LogP contribution in [0, 0.1) is 0 Å². The predicted octanol–water partition coefficient (Wildman–Crippen LogP) is 3.66. The topological polar surface area (TPSA) is 34.4 Å². The van der Waals surface area contributed by atoms with Gasteiger partial charge >= 0.3 is 0 Å². The van der Waals surface area contributed by atoms with Gasteiger partial charge in [-0.25, -0.2) is 0 Å². The maximum absolute atomic E-state index is 5.38. The first kappa shape index (κ1) is 11.1. The third kappa shape index (κ3) is 2.79. The molecule has 4 heteroatoms. The molecule has 2 aromatic rings. The van der Waals surface area contributed by atoms with Gasteiger partial charge in [0, 0.05) is 5.69 Å². The quantitative estimate of drug-likeness (QED) is 0.929. The van der Waals surface area contributed by atoms with Crippen molar-refractivity contribution < 1.29 is 9.15 Å². The minimum absolute atomic E-state index is 0.665. The number of hydrogen-bond donors (Lipinski definition) is 1. The molecule has 0 aliphatic rings. The van der Waals surface area contributed by atoms with E-state index in [-0.39, 0.29) is 0 Å². The number of rotatable bonds is 4. The lowest BCUT2D eigenvalue weighted by atomic mass is 10.3. The standard InChI is InChI=1S/C12H12BrNO2/c1-15-10-4-2-9(3-5-10)14-8-11-6-7-12(13)16-11/h2-7,14H,8H2,1H3. The summed E-state index contributed by atoms with van der Waals surface area (Å²) in [5, 5.41) is 3.26. The van der Waals surface area contributed by atoms with Crippen molar-refractivity contribution in [3.63, 3.8) is 0 Å². The van der Waals surface area contributed by atoms with Gasteiger partial charge < -0.3 is 14.5 Å². The van der Waals surface area contributed by atoms with Gasteiger partial charge in [0.1, 0.15) is 11.5 Å². The maximum Gasteiger partial charge on any atom is 0.169 e. The largest absolute Gasteiger partial charge is 0.497 e. The van der Waals surface area contributed by atoms with Crippen LogP contribution in [-0.2, 0) is 6.54 Å². The lowest BCUT2D eigenvalue weighted by molar-refractivity contribution is 0.415. The van der Waals surface area contributed by atoms with Crippen LogP contribution in [0.25, 0.3) is 0 Å². The minimum Gasteiger partial charge on any atom is -0.497 e. The molecule has 2 rings (SSSR count). The van der Waals surface area contributed by atoms with Gasteiger partial charge in [-0.05, 0) is 52.3 Å². The van der Waals surface area contributed by atoms with Gasteiger partial charge in [-0.15, -0.1) is 0 Å². The van der Waals surface area contributed by atoms with Gasteiger partial charge in [0.15, 0.2) is 4.67 Å². The van der Waals surface area contributed by atoms with E-state index in [1.807, 2.05) is 36.4 Å². The fourth-order valence-corrected chi connectivity index (χ4v) is 1.68. The highest BCUT2D eigenvalue weighted by Crippen LogP contribution is 2.18. The van der Waals surface area contributed by atoms with E-state index in [2.05, 4.69) is 21.2 Å². The van der Waals surface area contributed by atoms with Crippen LogP contribution < -0.4 is 10.1 Å². The fraction of sp³-hybridized carbons (Fsp3) is 0.167. The van der Waals surface area contributed by atoms with Gasteiger partial charge in [0.25, 0.3) is 0 Å². The van der Waals surface area contributed by atoms with Crippen molar-refractivity contribution in [2.45, 2.75) is 6.54 Å². The van der Waals surface area contributed by atoms with Crippen LogP contribution in [0.2, 0.25) is 0 Å². The van der Waals surface area contributed by atoms with Crippen molar-refractivity contribution >= 4 is 21.6 Å². The lowest BCUT2D eigenvalue weighted by Gasteiger charge is -2.05. The van der Waals surface area contributed by atoms with Crippen molar-refractivity contribution in [3.8, 4) is 5.75 Å². The summed E-state index contributed by atoms with van der Waals surface area (Å²) in [6, 6.07) is 11.6. The average molecular weight is 282 g/mol. The van der Waals surface area contributed by atoms with Crippen LogP contribution in [0.5, 0.6) is 5.75 Å². The Labute approximate surface area is 103 Å². The molecule has 0 amide bonds. The summed E-state index contributed by atoms with van der Waals surface area (Å²) in [5.41, 5.74) is 1.04. The third-order valence-electron chi connectivity index (χ3n) is 2.19. The highest BCUT2D eigenvalue weighted by molar-refractivity contribution is 9.10. The van der Waals surface area contributed by atoms with Crippen LogP contribution in [0.1, 0.15) is 5.76 Å². The van der Waals surface area contributed by atoms with Crippen molar-refractivity contribution in [1.82, 2.24) is 0 Å². The summed E-state index contributed by atoms with van der Waals surface area (Å²) in [5.74, 6) is 1.74. The first-order valence-electron chi connectivity index (χ1n) is 4.90. The first-order chi connectivity index (χ1) is 7.78. The van der Waals surface area contributed by atoms with E-state index < -0.39 is 0 Å². The van der Waals surface area contributed by atoms with Gasteiger partial charge in [-0.3, -0.25) is 0 Å². The van der Waals surface area contributed by atoms with Gasteiger partial charge in [0.05, 0.1) is 13.7 Å². The highest BCUT2D eigenvalue weighted by atomic mass is 79.9. The fourth-order valence-electron chi connectivity index (χ4n) is 1.34. The second-order valence-corrected chi connectivity index (χ2v) is 4.07. The second-order valence-electron chi connectivity index (χ2n) is 3.29. The predicted molar refractivity (Wildman–Crippen MR) is 66.7 cm³/mol. The molecule has 0 saturated carbocycles. The van der Waals surface area contributed by atoms with Crippen LogP contribution >= 0.6 is 15.9 Å². The molecule has 1 aromatic heterocycles. The molecule has 0 atom stereocenters. The van der Waals surface area contributed by atoms with Gasteiger partial charge in [-0.1, -0.05) is 0 Å². The van der Waals surface area contributed by atoms with Crippen LogP contribution in [-0.4, -0.2) is 7.11 Å². The van der Waals surface area contributed by atoms with Gasteiger partial charge in [0.2, 0.25) is 0 Å². The Morgan fingerprint density at radius 1 is 1.19 bits per heavy atom. The van der Waals surface area contributed by atoms with E-state index in [4.69, 9.17) is 9.15 Å². The number of furan rings is 1. The molecule has 84 valence electrons. The number of anilines is 1. The number of hydrogen-bond acceptors (Lipinski definition) is 3. The van der Waals surface area contributed by atoms with E-state index in [1.54, 1.807) is 7.11 Å². The Morgan fingerprint density at radius 2 is 1.94 bits per heavy atom. The second kappa shape index (κ2) is 5.07. The summed E-state index contributed by atoms with van der Waals surface area (Å²) >= 11 is 3.27. The summed E-state index contributed by atoms with van der Waals surface area (Å²) in [7, 11) is 1.66. The number of methoxy groups -OCH3 is 1. The Bertz CT molecular complexity index is 450. The molecule has 0 bridgehead atoms. The van der Waals surface area contributed by atoms with Gasteiger partial charge in [-0.2, -0.15) is 0 Å². The summed E-state index contributed by atoms with van der Waals surface area (Å²) in [6.07, 6.45) is 0. The van der Waals surface area contributed by atoms with Crippen molar-refractivity contribution in [1.29, 1.82) is 0 Å². The molecule has 0 fully saturated rings. The van der Waals surface area contributed by atoms with Crippen molar-refractivity contribution in [2.24, 2.45) is 0 Å². The minimum atomic E-state index is 0.665. The zero-order valence-corrected chi connectivity index (χ0v) is 10.5. The SMILES string of the molecule is COc1ccc(NCc2ccc(Br)o2)cc1. The molecular formula is C12H12BrNO2. The molecule has 3 nitrogen and oxygen atoms in total. The normalized spacial score (nSPS) is 10.1. The molecule has 0 radical (unpaired) electrons. The summed E-state index contributed by atoms with van der Waals surface area (Å²) in [4.78, 5) is 0. The molecule has 0 aliphatic heterocycles. The van der Waals surface area contributed by atoms with Crippen LogP contribution in [0.15, 0.2) is 45.5 Å². The zero-order chi connectivity index (χ0) is 11.4. The molecule has 0 unspecified atom stereocenters. The Hall–Kier alpha value is -1.42. The molecule has 0 spiro atoms. The Kier molecular flexibility index (Phi) is 3.51. The zero-order valence-electron chi connectivity index (χ0n) is 8.87. The van der Waals surface area contributed by atoms with E-state index in [0.717, 1.165) is 21.9 Å². The Morgan fingerprint density at radius 3 is 2.50 bits per heavy atom. The first-order valence-corrected chi connectivity index (χ1v) is 5.69. The molecule has 0 saturated heterocycles. The average Bonchev–Trinajstić information content (AvgIpc) is 2.73. The lowest BCUT2D eigenvalue weighted by Crippen LogP contribution is -1.97. The molecular weight excluding hydrogens is 270 g/mol. The summed E-state index contributed by atoms with van der Waals surface area (Å²) < 4.78 is 11.2. The highest BCUT2D eigenvalue weighted by Gasteiger charge is 1.99. The molecule has 16 heavy (non-hydrogen) atoms. The monoisotopic (exact) mass is 281 g/mol. The molecule has 1 N–H and O–H groups in total. The van der Waals surface area contributed by atoms with E-state index in [9.17, 15) is 0 Å². The van der Waals surface area contributed by atoms with Crippen LogP contribution in [0.4, 0.5) is 5.69 Å². The van der Waals surface area contributed by atoms with Crippen molar-refractivity contribution in [2.75, 3.05) is 12.4 Å². The Balaban J connectivity index is 1.94. The van der Waals surface area contributed by atoms with E-state index >= 15 is 0 Å². The van der Waals surface area contributed by atoms with E-state index in [1.165, 1.54) is 0 Å². The van der Waals surface area contributed by atoms with Crippen LogP contribution in [0.3, 0.4) is 0 Å². The number of ether oxygens (including phenoxy) is 1. The van der Waals surface area contributed by atoms with Crippen molar-refractivity contribution in [3.05, 3.63) is 46.8 Å². The summed E-state index contributed by atoms with van der Waals surface area (Å²) in [6.45, 7) is 0.665. The number of halogens is 1. The van der Waals surface area contributed by atoms with E-state index in [0.29, 0.717) is 6.54 Å². The molecule has 1 heterocycles. The molecule has 1 aromatic carbocycles. The third-order valence-corrected chi connectivity index (χ3v) is 2.61. The molecule has 0 aliphatic carbocycles. The smallest absolute Gasteiger partial charge is 0.169 e.